The second-order valence-corrected chi connectivity index (χ2v) is 9.02. The number of aromatic nitrogens is 2. The molecule has 134 valence electrons. The number of hydrogen-bond acceptors (Lipinski definition) is 5. The van der Waals surface area contributed by atoms with Gasteiger partial charge in [0.05, 0.1) is 5.69 Å². The van der Waals surface area contributed by atoms with E-state index in [-0.39, 0.29) is 11.1 Å². The van der Waals surface area contributed by atoms with Crippen LogP contribution in [0.5, 0.6) is 0 Å². The molecule has 0 spiro atoms. The van der Waals surface area contributed by atoms with Gasteiger partial charge in [-0.25, -0.2) is 9.97 Å². The molecule has 0 unspecified atom stereocenters. The van der Waals surface area contributed by atoms with E-state index in [1.54, 1.807) is 11.8 Å². The van der Waals surface area contributed by atoms with Crippen LogP contribution in [0.3, 0.4) is 0 Å². The first-order valence-corrected chi connectivity index (χ1v) is 10.0. The molecular weight excluding hydrogens is 328 g/mol. The van der Waals surface area contributed by atoms with E-state index in [2.05, 4.69) is 73.8 Å². The fourth-order valence-electron chi connectivity index (χ4n) is 3.96. The Labute approximate surface area is 155 Å². The van der Waals surface area contributed by atoms with Gasteiger partial charge in [-0.1, -0.05) is 12.1 Å². The topological polar surface area (TPSA) is 49.8 Å². The lowest BCUT2D eigenvalue weighted by Gasteiger charge is -2.46. The smallest absolute Gasteiger partial charge is 0.223 e. The molecule has 0 radical (unpaired) electrons. The monoisotopic (exact) mass is 356 g/mol. The van der Waals surface area contributed by atoms with Gasteiger partial charge in [0.1, 0.15) is 0 Å². The van der Waals surface area contributed by atoms with E-state index in [4.69, 9.17) is 4.98 Å². The van der Waals surface area contributed by atoms with Crippen molar-refractivity contribution >= 4 is 17.7 Å². The van der Waals surface area contributed by atoms with Crippen molar-refractivity contribution < 1.29 is 0 Å². The molecule has 5 heteroatoms. The predicted octanol–water partition coefficient (Wildman–Crippen LogP) is 4.59. The van der Waals surface area contributed by atoms with Gasteiger partial charge >= 0.3 is 0 Å². The van der Waals surface area contributed by atoms with Crippen LogP contribution in [-0.2, 0) is 0 Å². The molecule has 25 heavy (non-hydrogen) atoms. The highest BCUT2D eigenvalue weighted by molar-refractivity contribution is 7.98. The van der Waals surface area contributed by atoms with Crippen LogP contribution in [0.1, 0.15) is 40.5 Å². The minimum atomic E-state index is 0.102. The summed E-state index contributed by atoms with van der Waals surface area (Å²) in [4.78, 5) is 10.4. The maximum atomic E-state index is 4.74. The first kappa shape index (κ1) is 18.2. The minimum Gasteiger partial charge on any atom is -0.351 e. The van der Waals surface area contributed by atoms with Gasteiger partial charge in [-0.15, -0.1) is 11.8 Å². The molecule has 0 saturated carbocycles. The van der Waals surface area contributed by atoms with Gasteiger partial charge in [0.15, 0.2) is 0 Å². The van der Waals surface area contributed by atoms with Crippen LogP contribution in [0.2, 0.25) is 0 Å². The van der Waals surface area contributed by atoms with E-state index in [0.717, 1.165) is 24.1 Å². The van der Waals surface area contributed by atoms with Crippen molar-refractivity contribution in [1.29, 1.82) is 0 Å². The number of rotatable bonds is 4. The van der Waals surface area contributed by atoms with Crippen LogP contribution in [0, 0.1) is 0 Å². The van der Waals surface area contributed by atoms with Crippen LogP contribution in [0.25, 0.3) is 11.3 Å². The lowest BCUT2D eigenvalue weighted by molar-refractivity contribution is 0.170. The molecule has 1 saturated heterocycles. The Balaban J connectivity index is 1.77. The average molecular weight is 357 g/mol. The molecule has 0 atom stereocenters. The van der Waals surface area contributed by atoms with Crippen molar-refractivity contribution in [3.05, 3.63) is 36.5 Å². The molecule has 4 nitrogen and oxygen atoms in total. The van der Waals surface area contributed by atoms with Crippen molar-refractivity contribution in [2.75, 3.05) is 11.6 Å². The molecule has 2 N–H and O–H groups in total. The Hall–Kier alpha value is -1.59. The summed E-state index contributed by atoms with van der Waals surface area (Å²) >= 11 is 1.75. The zero-order valence-corrected chi connectivity index (χ0v) is 16.6. The van der Waals surface area contributed by atoms with Crippen molar-refractivity contribution in [3.63, 3.8) is 0 Å². The largest absolute Gasteiger partial charge is 0.351 e. The van der Waals surface area contributed by atoms with E-state index < -0.39 is 0 Å². The SMILES string of the molecule is CSc1ccc(-c2ccnc(NC3CC(C)(C)NC(C)(C)C3)n2)cc1. The van der Waals surface area contributed by atoms with Gasteiger partial charge < -0.3 is 10.6 Å². The maximum Gasteiger partial charge on any atom is 0.223 e. The summed E-state index contributed by atoms with van der Waals surface area (Å²) in [6, 6.07) is 10.8. The van der Waals surface area contributed by atoms with Gasteiger partial charge in [0.2, 0.25) is 5.95 Å². The van der Waals surface area contributed by atoms with Gasteiger partial charge in [-0.2, -0.15) is 0 Å². The van der Waals surface area contributed by atoms with E-state index in [9.17, 15) is 0 Å². The lowest BCUT2D eigenvalue weighted by Crippen LogP contribution is -2.60. The third kappa shape index (κ3) is 4.73. The van der Waals surface area contributed by atoms with E-state index >= 15 is 0 Å². The summed E-state index contributed by atoms with van der Waals surface area (Å²) in [5, 5.41) is 7.27. The molecular formula is C20H28N4S. The van der Waals surface area contributed by atoms with Gasteiger partial charge in [-0.05, 0) is 65.0 Å². The van der Waals surface area contributed by atoms with E-state index in [1.165, 1.54) is 4.90 Å². The Bertz CT molecular complexity index is 709. The number of thioether (sulfide) groups is 1. The third-order valence-electron chi connectivity index (χ3n) is 4.56. The van der Waals surface area contributed by atoms with Crippen LogP contribution < -0.4 is 10.6 Å². The number of anilines is 1. The van der Waals surface area contributed by atoms with E-state index in [0.29, 0.717) is 12.0 Å². The highest BCUT2D eigenvalue weighted by Crippen LogP contribution is 2.30. The van der Waals surface area contributed by atoms with Gasteiger partial charge in [-0.3, -0.25) is 0 Å². The quantitative estimate of drug-likeness (QED) is 0.785. The summed E-state index contributed by atoms with van der Waals surface area (Å²) in [7, 11) is 0. The number of benzene rings is 1. The van der Waals surface area contributed by atoms with Crippen molar-refractivity contribution in [2.24, 2.45) is 0 Å². The molecule has 0 bridgehead atoms. The summed E-state index contributed by atoms with van der Waals surface area (Å²) in [5.41, 5.74) is 2.28. The van der Waals surface area contributed by atoms with Gasteiger partial charge in [0.25, 0.3) is 0 Å². The van der Waals surface area contributed by atoms with Gasteiger partial charge in [0, 0.05) is 33.8 Å². The van der Waals surface area contributed by atoms with Crippen LogP contribution in [0.15, 0.2) is 41.4 Å². The molecule has 1 aromatic heterocycles. The summed E-state index contributed by atoms with van der Waals surface area (Å²) < 4.78 is 0. The summed E-state index contributed by atoms with van der Waals surface area (Å²) in [5.74, 6) is 0.713. The average Bonchev–Trinajstić information content (AvgIpc) is 2.52. The second kappa shape index (κ2) is 6.96. The molecule has 2 heterocycles. The molecule has 1 aromatic carbocycles. The Morgan fingerprint density at radius 2 is 1.68 bits per heavy atom. The van der Waals surface area contributed by atoms with Crippen molar-refractivity contribution in [3.8, 4) is 11.3 Å². The standard InChI is InChI=1S/C20H28N4S/c1-19(2)12-15(13-20(3,4)24-19)22-18-21-11-10-17(23-18)14-6-8-16(25-5)9-7-14/h6-11,15,24H,12-13H2,1-5H3,(H,21,22,23). The molecule has 3 rings (SSSR count). The normalized spacial score (nSPS) is 19.6. The molecule has 0 aliphatic carbocycles. The lowest BCUT2D eigenvalue weighted by atomic mass is 9.80. The maximum absolute atomic E-state index is 4.74. The zero-order chi connectivity index (χ0) is 18.1. The highest BCUT2D eigenvalue weighted by atomic mass is 32.2. The predicted molar refractivity (Wildman–Crippen MR) is 107 cm³/mol. The molecule has 2 aromatic rings. The number of hydrogen-bond donors (Lipinski definition) is 2. The summed E-state index contributed by atoms with van der Waals surface area (Å²) in [6.45, 7) is 9.03. The molecule has 1 aliphatic rings. The Morgan fingerprint density at radius 3 is 2.28 bits per heavy atom. The highest BCUT2D eigenvalue weighted by Gasteiger charge is 2.37. The molecule has 1 fully saturated rings. The van der Waals surface area contributed by atoms with E-state index in [1.807, 2.05) is 12.3 Å². The number of nitrogens with one attached hydrogen (secondary N) is 2. The molecule has 0 amide bonds. The Kier molecular flexibility index (Phi) is 5.07. The first-order chi connectivity index (χ1) is 11.8. The van der Waals surface area contributed by atoms with Crippen LogP contribution >= 0.6 is 11.8 Å². The van der Waals surface area contributed by atoms with Crippen molar-refractivity contribution in [1.82, 2.24) is 15.3 Å². The minimum absolute atomic E-state index is 0.102. The number of nitrogens with zero attached hydrogens (tertiary/aromatic N) is 2. The fourth-order valence-corrected chi connectivity index (χ4v) is 4.37. The van der Waals surface area contributed by atoms with Crippen molar-refractivity contribution in [2.45, 2.75) is 62.6 Å². The summed E-state index contributed by atoms with van der Waals surface area (Å²) in [6.07, 6.45) is 6.02. The zero-order valence-electron chi connectivity index (χ0n) is 15.8. The van der Waals surface area contributed by atoms with Crippen LogP contribution in [0.4, 0.5) is 5.95 Å². The Morgan fingerprint density at radius 1 is 1.04 bits per heavy atom. The first-order valence-electron chi connectivity index (χ1n) is 8.80. The fraction of sp³-hybridized carbons (Fsp3) is 0.500. The third-order valence-corrected chi connectivity index (χ3v) is 5.31. The number of piperidine rings is 1. The second-order valence-electron chi connectivity index (χ2n) is 8.14. The molecule has 1 aliphatic heterocycles. The van der Waals surface area contributed by atoms with Crippen LogP contribution in [-0.4, -0.2) is 33.3 Å².